The van der Waals surface area contributed by atoms with Crippen LogP contribution in [0.1, 0.15) is 53.2 Å². The van der Waals surface area contributed by atoms with Crippen LogP contribution in [0, 0.1) is 12.8 Å². The molecule has 2 aliphatic carbocycles. The lowest BCUT2D eigenvalue weighted by Crippen LogP contribution is -2.48. The van der Waals surface area contributed by atoms with Gasteiger partial charge >= 0.3 is 0 Å². The molecular formula is C25H23N3O2. The van der Waals surface area contributed by atoms with Gasteiger partial charge in [0.2, 0.25) is 0 Å². The minimum absolute atomic E-state index is 0.223. The summed E-state index contributed by atoms with van der Waals surface area (Å²) in [6, 6.07) is 12.8. The number of benzene rings is 1. The summed E-state index contributed by atoms with van der Waals surface area (Å²) in [7, 11) is 0. The molecule has 5 nitrogen and oxygen atoms in total. The van der Waals surface area contributed by atoms with Gasteiger partial charge in [0.15, 0.2) is 0 Å². The van der Waals surface area contributed by atoms with Gasteiger partial charge in [-0.05, 0) is 43.7 Å². The molecule has 3 atom stereocenters. The average molecular weight is 397 g/mol. The molecule has 0 amide bonds. The number of fused-ring (bicyclic) bond motifs is 4. The minimum atomic E-state index is -0.223. The Hall–Kier alpha value is -3.21. The predicted octanol–water partition coefficient (Wildman–Crippen LogP) is 5.24. The van der Waals surface area contributed by atoms with E-state index < -0.39 is 0 Å². The maximum absolute atomic E-state index is 5.70. The van der Waals surface area contributed by atoms with Gasteiger partial charge in [0.05, 0.1) is 30.1 Å². The summed E-state index contributed by atoms with van der Waals surface area (Å²) in [5.74, 6) is 2.50. The molecule has 3 aromatic heterocycles. The molecule has 6 rings (SSSR count). The summed E-state index contributed by atoms with van der Waals surface area (Å²) >= 11 is 0. The highest BCUT2D eigenvalue weighted by molar-refractivity contribution is 5.65. The second-order valence-corrected chi connectivity index (χ2v) is 8.62. The maximum Gasteiger partial charge on any atom is 0.143 e. The van der Waals surface area contributed by atoms with Gasteiger partial charge in [-0.1, -0.05) is 42.4 Å². The second-order valence-electron chi connectivity index (χ2n) is 8.62. The van der Waals surface area contributed by atoms with Crippen molar-refractivity contribution in [1.82, 2.24) is 15.1 Å². The fourth-order valence-corrected chi connectivity index (χ4v) is 5.90. The molecule has 2 aliphatic rings. The Morgan fingerprint density at radius 2 is 1.97 bits per heavy atom. The molecule has 150 valence electrons. The zero-order chi connectivity index (χ0) is 20.3. The van der Waals surface area contributed by atoms with Crippen molar-refractivity contribution in [3.63, 3.8) is 0 Å². The first-order valence-corrected chi connectivity index (χ1v) is 10.6. The quantitative estimate of drug-likeness (QED) is 0.463. The fourth-order valence-electron chi connectivity index (χ4n) is 5.90. The Kier molecular flexibility index (Phi) is 3.76. The molecule has 0 saturated carbocycles. The molecule has 5 heteroatoms. The number of aryl methyl sites for hydroxylation is 1. The van der Waals surface area contributed by atoms with E-state index in [9.17, 15) is 0 Å². The van der Waals surface area contributed by atoms with E-state index in [1.165, 1.54) is 16.7 Å². The van der Waals surface area contributed by atoms with E-state index in [1.54, 1.807) is 12.5 Å². The van der Waals surface area contributed by atoms with Gasteiger partial charge < -0.3 is 8.94 Å². The molecule has 0 aliphatic heterocycles. The smallest absolute Gasteiger partial charge is 0.143 e. The minimum Gasteiger partial charge on any atom is -0.472 e. The monoisotopic (exact) mass is 397 g/mol. The third-order valence-electron chi connectivity index (χ3n) is 7.13. The molecule has 0 bridgehead atoms. The van der Waals surface area contributed by atoms with Crippen molar-refractivity contribution in [1.29, 1.82) is 0 Å². The van der Waals surface area contributed by atoms with Gasteiger partial charge in [-0.2, -0.15) is 0 Å². The van der Waals surface area contributed by atoms with Crippen molar-refractivity contribution in [3.05, 3.63) is 89.1 Å². The van der Waals surface area contributed by atoms with Gasteiger partial charge in [0.25, 0.3) is 0 Å². The van der Waals surface area contributed by atoms with Gasteiger partial charge in [-0.3, -0.25) is 0 Å². The summed E-state index contributed by atoms with van der Waals surface area (Å²) in [5.41, 5.74) is 6.71. The first-order chi connectivity index (χ1) is 14.7. The number of aromatic nitrogens is 3. The SMILES string of the molecule is Cc1nc(-c2ccoc2)c2c(n1)[C@@]1(c3ccccc3)Cc3cnoc3[C@@H](C)[C@@H]1CC2. The first kappa shape index (κ1) is 17.6. The second kappa shape index (κ2) is 6.39. The molecule has 1 aromatic carbocycles. The largest absolute Gasteiger partial charge is 0.472 e. The van der Waals surface area contributed by atoms with E-state index in [0.717, 1.165) is 47.8 Å². The lowest BCUT2D eigenvalue weighted by Gasteiger charge is -2.50. The molecule has 0 saturated heterocycles. The molecule has 0 spiro atoms. The van der Waals surface area contributed by atoms with Crippen LogP contribution in [0.4, 0.5) is 0 Å². The number of furan rings is 1. The van der Waals surface area contributed by atoms with Crippen LogP contribution >= 0.6 is 0 Å². The molecule has 4 aromatic rings. The lowest BCUT2D eigenvalue weighted by atomic mass is 9.53. The summed E-state index contributed by atoms with van der Waals surface area (Å²) in [6.07, 6.45) is 8.24. The standard InChI is InChI=1S/C25H23N3O2/c1-15-21-9-8-20-22(17-10-11-29-14-17)27-16(2)28-24(20)25(21,19-6-4-3-5-7-19)12-18-13-26-30-23(15)18/h3-7,10-11,13-15,21H,8-9,12H2,1-2H3/t15-,21-,25+/m0/s1. The lowest BCUT2D eigenvalue weighted by molar-refractivity contribution is 0.188. The first-order valence-electron chi connectivity index (χ1n) is 10.6. The van der Waals surface area contributed by atoms with Gasteiger partial charge in [0, 0.05) is 28.0 Å². The van der Waals surface area contributed by atoms with Crippen LogP contribution in [0.25, 0.3) is 11.3 Å². The van der Waals surface area contributed by atoms with Crippen LogP contribution in [0.5, 0.6) is 0 Å². The van der Waals surface area contributed by atoms with Crippen LogP contribution < -0.4 is 0 Å². The van der Waals surface area contributed by atoms with Crippen LogP contribution in [0.15, 0.2) is 64.1 Å². The van der Waals surface area contributed by atoms with Crippen LogP contribution in [0.2, 0.25) is 0 Å². The Labute approximate surface area is 175 Å². The molecular weight excluding hydrogens is 374 g/mol. The summed E-state index contributed by atoms with van der Waals surface area (Å²) in [4.78, 5) is 9.96. The Bertz CT molecular complexity index is 1210. The number of hydrogen-bond acceptors (Lipinski definition) is 5. The molecule has 0 fully saturated rings. The van der Waals surface area contributed by atoms with Crippen LogP contribution in [-0.4, -0.2) is 15.1 Å². The van der Waals surface area contributed by atoms with E-state index >= 15 is 0 Å². The Morgan fingerprint density at radius 3 is 2.77 bits per heavy atom. The number of nitrogens with zero attached hydrogens (tertiary/aromatic N) is 3. The average Bonchev–Trinajstić information content (AvgIpc) is 3.46. The molecule has 0 unspecified atom stereocenters. The van der Waals surface area contributed by atoms with Crippen molar-refractivity contribution in [2.75, 3.05) is 0 Å². The van der Waals surface area contributed by atoms with Crippen LogP contribution in [-0.2, 0) is 18.3 Å². The predicted molar refractivity (Wildman–Crippen MR) is 112 cm³/mol. The normalized spacial score (nSPS) is 24.7. The van der Waals surface area contributed by atoms with Crippen LogP contribution in [0.3, 0.4) is 0 Å². The van der Waals surface area contributed by atoms with Gasteiger partial charge in [-0.15, -0.1) is 0 Å². The molecule has 0 radical (unpaired) electrons. The van der Waals surface area contributed by atoms with E-state index in [4.69, 9.17) is 18.9 Å². The zero-order valence-corrected chi connectivity index (χ0v) is 17.1. The maximum atomic E-state index is 5.70. The third-order valence-corrected chi connectivity index (χ3v) is 7.13. The highest BCUT2D eigenvalue weighted by atomic mass is 16.5. The van der Waals surface area contributed by atoms with Crippen molar-refractivity contribution >= 4 is 0 Å². The highest BCUT2D eigenvalue weighted by Gasteiger charge is 2.54. The Morgan fingerprint density at radius 1 is 1.10 bits per heavy atom. The third kappa shape index (κ3) is 2.32. The van der Waals surface area contributed by atoms with Crippen molar-refractivity contribution in [3.8, 4) is 11.3 Å². The van der Waals surface area contributed by atoms with E-state index in [0.29, 0.717) is 5.92 Å². The van der Waals surface area contributed by atoms with Crippen molar-refractivity contribution in [2.24, 2.45) is 5.92 Å². The topological polar surface area (TPSA) is 65.0 Å². The van der Waals surface area contributed by atoms with E-state index in [1.807, 2.05) is 19.2 Å². The summed E-state index contributed by atoms with van der Waals surface area (Å²) in [5, 5.41) is 4.15. The van der Waals surface area contributed by atoms with Crippen molar-refractivity contribution < 1.29 is 8.94 Å². The number of rotatable bonds is 2. The van der Waals surface area contributed by atoms with E-state index in [2.05, 4.69) is 42.4 Å². The molecule has 0 N–H and O–H groups in total. The van der Waals surface area contributed by atoms with Gasteiger partial charge in [-0.25, -0.2) is 9.97 Å². The Balaban J connectivity index is 1.68. The van der Waals surface area contributed by atoms with Gasteiger partial charge in [0.1, 0.15) is 11.6 Å². The molecule has 30 heavy (non-hydrogen) atoms. The molecule has 3 heterocycles. The summed E-state index contributed by atoms with van der Waals surface area (Å²) in [6.45, 7) is 4.27. The zero-order valence-electron chi connectivity index (χ0n) is 17.1. The fraction of sp³-hybridized carbons (Fsp3) is 0.320. The van der Waals surface area contributed by atoms with Crippen molar-refractivity contribution in [2.45, 2.75) is 44.4 Å². The van der Waals surface area contributed by atoms with E-state index in [-0.39, 0.29) is 11.3 Å². The highest BCUT2D eigenvalue weighted by Crippen LogP contribution is 2.57. The summed E-state index contributed by atoms with van der Waals surface area (Å²) < 4.78 is 11.1. The number of hydrogen-bond donors (Lipinski definition) is 0.